The van der Waals surface area contributed by atoms with Gasteiger partial charge in [0.1, 0.15) is 0 Å². The summed E-state index contributed by atoms with van der Waals surface area (Å²) in [5.74, 6) is 0. The molecule has 0 aromatic carbocycles. The first-order valence-corrected chi connectivity index (χ1v) is 2.41. The summed E-state index contributed by atoms with van der Waals surface area (Å²) in [6.45, 7) is 0. The fraction of sp³-hybridized carbons (Fsp3) is 0.600. The summed E-state index contributed by atoms with van der Waals surface area (Å²) in [5, 5.41) is 8.81. The van der Waals surface area contributed by atoms with Gasteiger partial charge in [0, 0.05) is 6.04 Å². The molecular formula is C5H10ClNO. The van der Waals surface area contributed by atoms with Crippen LogP contribution in [0.1, 0.15) is 6.42 Å². The average molecular weight is 136 g/mol. The van der Waals surface area contributed by atoms with E-state index < -0.39 is 0 Å². The quantitative estimate of drug-likeness (QED) is 0.462. The Kier molecular flexibility index (Phi) is 3.05. The van der Waals surface area contributed by atoms with Gasteiger partial charge in [-0.25, -0.2) is 0 Å². The average Bonchev–Trinajstić information content (AvgIpc) is 1.91. The van der Waals surface area contributed by atoms with Crippen LogP contribution in [0.3, 0.4) is 0 Å². The third-order valence-corrected chi connectivity index (χ3v) is 1.18. The van der Waals surface area contributed by atoms with Crippen LogP contribution in [0.15, 0.2) is 12.2 Å². The Balaban J connectivity index is 0.000000490. The van der Waals surface area contributed by atoms with Crippen molar-refractivity contribution in [2.75, 3.05) is 0 Å². The van der Waals surface area contributed by atoms with Crippen molar-refractivity contribution in [2.45, 2.75) is 18.6 Å². The molecule has 1 aliphatic carbocycles. The Labute approximate surface area is 54.8 Å². The van der Waals surface area contributed by atoms with E-state index in [1.807, 2.05) is 12.2 Å². The van der Waals surface area contributed by atoms with Crippen molar-refractivity contribution >= 4 is 12.4 Å². The van der Waals surface area contributed by atoms with Crippen LogP contribution >= 0.6 is 12.4 Å². The van der Waals surface area contributed by atoms with Crippen molar-refractivity contribution in [2.24, 2.45) is 5.73 Å². The minimum atomic E-state index is -0.319. The molecule has 0 saturated heterocycles. The zero-order valence-electron chi connectivity index (χ0n) is 4.45. The zero-order valence-corrected chi connectivity index (χ0v) is 5.27. The third-order valence-electron chi connectivity index (χ3n) is 1.18. The highest BCUT2D eigenvalue weighted by molar-refractivity contribution is 5.85. The van der Waals surface area contributed by atoms with Crippen LogP contribution in [-0.2, 0) is 0 Å². The highest BCUT2D eigenvalue weighted by Gasteiger charge is 2.13. The third kappa shape index (κ3) is 1.47. The molecule has 0 heterocycles. The normalized spacial score (nSPS) is 34.8. The summed E-state index contributed by atoms with van der Waals surface area (Å²) < 4.78 is 0. The molecule has 0 spiro atoms. The van der Waals surface area contributed by atoms with Gasteiger partial charge >= 0.3 is 0 Å². The lowest BCUT2D eigenvalue weighted by Gasteiger charge is -2.04. The smallest absolute Gasteiger partial charge is 0.0761 e. The lowest BCUT2D eigenvalue weighted by Crippen LogP contribution is -2.28. The van der Waals surface area contributed by atoms with Crippen LogP contribution in [-0.4, -0.2) is 17.3 Å². The van der Waals surface area contributed by atoms with Gasteiger partial charge in [-0.3, -0.25) is 0 Å². The van der Waals surface area contributed by atoms with E-state index in [2.05, 4.69) is 0 Å². The molecule has 0 aromatic rings. The molecule has 0 aromatic heterocycles. The van der Waals surface area contributed by atoms with E-state index >= 15 is 0 Å². The summed E-state index contributed by atoms with van der Waals surface area (Å²) in [4.78, 5) is 0. The first kappa shape index (κ1) is 7.95. The number of aliphatic hydroxyl groups excluding tert-OH is 1. The highest BCUT2D eigenvalue weighted by atomic mass is 35.5. The molecule has 0 radical (unpaired) electrons. The second kappa shape index (κ2) is 3.07. The molecule has 1 rings (SSSR count). The summed E-state index contributed by atoms with van der Waals surface area (Å²) in [7, 11) is 0. The maximum Gasteiger partial charge on any atom is 0.0761 e. The summed E-state index contributed by atoms with van der Waals surface area (Å²) >= 11 is 0. The maximum absolute atomic E-state index is 8.81. The standard InChI is InChI=1S/C5H9NO.ClH/c6-4-2-1-3-5(4)7;/h1-2,4-5,7H,3,6H2;1H/t4-,5+;/m1./s1. The first-order valence-electron chi connectivity index (χ1n) is 2.41. The second-order valence-electron chi connectivity index (χ2n) is 1.81. The van der Waals surface area contributed by atoms with Gasteiger partial charge in [-0.05, 0) is 6.42 Å². The summed E-state index contributed by atoms with van der Waals surface area (Å²) in [5.41, 5.74) is 5.34. The zero-order chi connectivity index (χ0) is 5.28. The maximum atomic E-state index is 8.81. The molecule has 48 valence electrons. The van der Waals surface area contributed by atoms with E-state index in [1.165, 1.54) is 0 Å². The Morgan fingerprint density at radius 3 is 2.38 bits per heavy atom. The van der Waals surface area contributed by atoms with Gasteiger partial charge in [-0.1, -0.05) is 12.2 Å². The monoisotopic (exact) mass is 135 g/mol. The van der Waals surface area contributed by atoms with E-state index in [9.17, 15) is 0 Å². The number of hydrogen-bond acceptors (Lipinski definition) is 2. The molecule has 1 aliphatic rings. The van der Waals surface area contributed by atoms with Crippen molar-refractivity contribution in [1.82, 2.24) is 0 Å². The van der Waals surface area contributed by atoms with E-state index in [0.717, 1.165) is 6.42 Å². The van der Waals surface area contributed by atoms with Gasteiger partial charge in [0.15, 0.2) is 0 Å². The van der Waals surface area contributed by atoms with Gasteiger partial charge in [-0.2, -0.15) is 0 Å². The van der Waals surface area contributed by atoms with E-state index in [0.29, 0.717) is 0 Å². The molecule has 0 saturated carbocycles. The number of halogens is 1. The van der Waals surface area contributed by atoms with Crippen molar-refractivity contribution in [1.29, 1.82) is 0 Å². The molecule has 0 amide bonds. The Bertz CT molecular complexity index is 94.4. The summed E-state index contributed by atoms with van der Waals surface area (Å²) in [6, 6.07) is -0.111. The Morgan fingerprint density at radius 2 is 2.25 bits per heavy atom. The predicted octanol–water partition coefficient (Wildman–Crippen LogP) is 0.0563. The lowest BCUT2D eigenvalue weighted by molar-refractivity contribution is 0.172. The first-order chi connectivity index (χ1) is 3.30. The molecular weight excluding hydrogens is 126 g/mol. The minimum Gasteiger partial charge on any atom is -0.391 e. The van der Waals surface area contributed by atoms with Crippen molar-refractivity contribution in [3.8, 4) is 0 Å². The van der Waals surface area contributed by atoms with Gasteiger partial charge in [-0.15, -0.1) is 12.4 Å². The van der Waals surface area contributed by atoms with Crippen LogP contribution < -0.4 is 5.73 Å². The van der Waals surface area contributed by atoms with Crippen LogP contribution in [0.4, 0.5) is 0 Å². The van der Waals surface area contributed by atoms with Gasteiger partial charge in [0.2, 0.25) is 0 Å². The number of aliphatic hydroxyl groups is 1. The largest absolute Gasteiger partial charge is 0.391 e. The van der Waals surface area contributed by atoms with Crippen LogP contribution in [0.2, 0.25) is 0 Å². The molecule has 8 heavy (non-hydrogen) atoms. The molecule has 0 bridgehead atoms. The Morgan fingerprint density at radius 1 is 1.62 bits per heavy atom. The molecule has 0 fully saturated rings. The highest BCUT2D eigenvalue weighted by Crippen LogP contribution is 2.06. The number of nitrogens with two attached hydrogens (primary N) is 1. The molecule has 3 heteroatoms. The number of rotatable bonds is 0. The lowest BCUT2D eigenvalue weighted by atomic mass is 10.2. The molecule has 0 aliphatic heterocycles. The van der Waals surface area contributed by atoms with Crippen molar-refractivity contribution in [3.63, 3.8) is 0 Å². The fourth-order valence-electron chi connectivity index (χ4n) is 0.661. The molecule has 2 atom stereocenters. The van der Waals surface area contributed by atoms with E-state index in [4.69, 9.17) is 10.8 Å². The predicted molar refractivity (Wildman–Crippen MR) is 35.0 cm³/mol. The van der Waals surface area contributed by atoms with Crippen molar-refractivity contribution < 1.29 is 5.11 Å². The SMILES string of the molecule is Cl.N[C@@H]1C=CC[C@@H]1O. The van der Waals surface area contributed by atoms with Gasteiger partial charge in [0.25, 0.3) is 0 Å². The molecule has 2 nitrogen and oxygen atoms in total. The molecule has 0 unspecified atom stereocenters. The van der Waals surface area contributed by atoms with Crippen LogP contribution in [0.25, 0.3) is 0 Å². The number of hydrogen-bond donors (Lipinski definition) is 2. The fourth-order valence-corrected chi connectivity index (χ4v) is 0.661. The van der Waals surface area contributed by atoms with Crippen LogP contribution in [0, 0.1) is 0 Å². The van der Waals surface area contributed by atoms with E-state index in [-0.39, 0.29) is 24.6 Å². The van der Waals surface area contributed by atoms with E-state index in [1.54, 1.807) is 0 Å². The van der Waals surface area contributed by atoms with Gasteiger partial charge < -0.3 is 10.8 Å². The Hall–Kier alpha value is -0.0500. The topological polar surface area (TPSA) is 46.2 Å². The molecule has 3 N–H and O–H groups in total. The van der Waals surface area contributed by atoms with Gasteiger partial charge in [0.05, 0.1) is 6.10 Å². The van der Waals surface area contributed by atoms with Crippen LogP contribution in [0.5, 0.6) is 0 Å². The second-order valence-corrected chi connectivity index (χ2v) is 1.81. The van der Waals surface area contributed by atoms with Crippen molar-refractivity contribution in [3.05, 3.63) is 12.2 Å². The summed E-state index contributed by atoms with van der Waals surface area (Å²) in [6.07, 6.45) is 4.13. The minimum absolute atomic E-state index is 0.